The van der Waals surface area contributed by atoms with Gasteiger partial charge in [-0.2, -0.15) is 0 Å². The lowest BCUT2D eigenvalue weighted by atomic mass is 10.3. The van der Waals surface area contributed by atoms with E-state index in [1.165, 1.54) is 0 Å². The van der Waals surface area contributed by atoms with Crippen molar-refractivity contribution in [2.45, 2.75) is 13.3 Å². The number of nitrogens with zero attached hydrogens (tertiary/aromatic N) is 4. The molecule has 2 N–H and O–H groups in total. The predicted molar refractivity (Wildman–Crippen MR) is 67.5 cm³/mol. The molecule has 0 bridgehead atoms. The molecule has 1 aromatic rings. The van der Waals surface area contributed by atoms with Crippen LogP contribution >= 0.6 is 0 Å². The molecule has 0 unspecified atom stereocenters. The summed E-state index contributed by atoms with van der Waals surface area (Å²) in [7, 11) is 4.16. The van der Waals surface area contributed by atoms with Crippen LogP contribution < -0.4 is 10.6 Å². The van der Waals surface area contributed by atoms with Crippen LogP contribution in [0.3, 0.4) is 0 Å². The van der Waals surface area contributed by atoms with Crippen molar-refractivity contribution in [1.82, 2.24) is 14.9 Å². The van der Waals surface area contributed by atoms with Gasteiger partial charge in [0.1, 0.15) is 6.33 Å². The highest BCUT2D eigenvalue weighted by Crippen LogP contribution is 2.17. The lowest BCUT2D eigenvalue weighted by Gasteiger charge is -2.23. The molecule has 0 saturated carbocycles. The molecule has 16 heavy (non-hydrogen) atoms. The number of anilines is 2. The van der Waals surface area contributed by atoms with E-state index in [4.69, 9.17) is 5.73 Å². The number of aromatic nitrogens is 2. The van der Waals surface area contributed by atoms with Gasteiger partial charge in [0, 0.05) is 13.1 Å². The Balaban J connectivity index is 2.57. The molecule has 0 fully saturated rings. The average molecular weight is 223 g/mol. The lowest BCUT2D eigenvalue weighted by molar-refractivity contribution is 0.400. The van der Waals surface area contributed by atoms with E-state index in [0.717, 1.165) is 31.9 Å². The van der Waals surface area contributed by atoms with Crippen molar-refractivity contribution in [3.63, 3.8) is 0 Å². The van der Waals surface area contributed by atoms with Gasteiger partial charge in [0.2, 0.25) is 0 Å². The summed E-state index contributed by atoms with van der Waals surface area (Å²) in [6.45, 7) is 5.06. The summed E-state index contributed by atoms with van der Waals surface area (Å²) >= 11 is 0. The minimum atomic E-state index is 0.647. The molecule has 0 aromatic carbocycles. The minimum absolute atomic E-state index is 0.647. The number of nitrogens with two attached hydrogens (primary N) is 1. The fraction of sp³-hybridized carbons (Fsp3) is 0.636. The summed E-state index contributed by atoms with van der Waals surface area (Å²) in [6, 6.07) is 0. The smallest absolute Gasteiger partial charge is 0.155 e. The molecular formula is C11H21N5. The SMILES string of the molecule is CCN(CCCN(C)C)c1ncncc1N. The van der Waals surface area contributed by atoms with Crippen LogP contribution in [0.5, 0.6) is 0 Å². The van der Waals surface area contributed by atoms with Crippen molar-refractivity contribution in [1.29, 1.82) is 0 Å². The molecule has 5 nitrogen and oxygen atoms in total. The van der Waals surface area contributed by atoms with Crippen molar-refractivity contribution >= 4 is 11.5 Å². The fourth-order valence-corrected chi connectivity index (χ4v) is 1.59. The Bertz CT molecular complexity index is 313. The van der Waals surface area contributed by atoms with Gasteiger partial charge >= 0.3 is 0 Å². The number of hydrogen-bond acceptors (Lipinski definition) is 5. The number of nitrogen functional groups attached to an aromatic ring is 1. The highest BCUT2D eigenvalue weighted by atomic mass is 15.2. The molecule has 1 rings (SSSR count). The van der Waals surface area contributed by atoms with E-state index in [9.17, 15) is 0 Å². The van der Waals surface area contributed by atoms with Gasteiger partial charge in [-0.3, -0.25) is 0 Å². The van der Waals surface area contributed by atoms with Crippen molar-refractivity contribution in [2.75, 3.05) is 44.4 Å². The van der Waals surface area contributed by atoms with E-state index >= 15 is 0 Å². The fourth-order valence-electron chi connectivity index (χ4n) is 1.59. The zero-order chi connectivity index (χ0) is 12.0. The third-order valence-electron chi connectivity index (χ3n) is 2.43. The first-order chi connectivity index (χ1) is 7.65. The van der Waals surface area contributed by atoms with Crippen LogP contribution in [0.1, 0.15) is 13.3 Å². The highest BCUT2D eigenvalue weighted by Gasteiger charge is 2.08. The maximum absolute atomic E-state index is 5.85. The molecule has 0 aliphatic carbocycles. The van der Waals surface area contributed by atoms with Crippen molar-refractivity contribution in [3.8, 4) is 0 Å². The molecule has 1 aromatic heterocycles. The van der Waals surface area contributed by atoms with Crippen LogP contribution in [0.15, 0.2) is 12.5 Å². The zero-order valence-corrected chi connectivity index (χ0v) is 10.3. The van der Waals surface area contributed by atoms with E-state index in [1.54, 1.807) is 12.5 Å². The summed E-state index contributed by atoms with van der Waals surface area (Å²) in [6.07, 6.45) is 4.29. The summed E-state index contributed by atoms with van der Waals surface area (Å²) in [5.74, 6) is 0.844. The summed E-state index contributed by atoms with van der Waals surface area (Å²) in [5.41, 5.74) is 6.50. The molecule has 0 aliphatic heterocycles. The standard InChI is InChI=1S/C11H21N5/c1-4-16(7-5-6-15(2)3)11-10(12)8-13-9-14-11/h8-9H,4-7,12H2,1-3H3. The summed E-state index contributed by atoms with van der Waals surface area (Å²) in [5, 5.41) is 0. The Labute approximate surface area is 97.3 Å². The molecule has 0 aliphatic rings. The summed E-state index contributed by atoms with van der Waals surface area (Å²) in [4.78, 5) is 12.5. The number of hydrogen-bond donors (Lipinski definition) is 1. The van der Waals surface area contributed by atoms with Gasteiger partial charge in [-0.05, 0) is 34.0 Å². The van der Waals surface area contributed by atoms with Gasteiger partial charge in [-0.25, -0.2) is 9.97 Å². The maximum atomic E-state index is 5.85. The van der Waals surface area contributed by atoms with E-state index < -0.39 is 0 Å². The Hall–Kier alpha value is -1.36. The van der Waals surface area contributed by atoms with Gasteiger partial charge in [0.05, 0.1) is 11.9 Å². The van der Waals surface area contributed by atoms with Crippen LogP contribution in [-0.4, -0.2) is 48.6 Å². The van der Waals surface area contributed by atoms with Crippen molar-refractivity contribution in [3.05, 3.63) is 12.5 Å². The molecule has 1 heterocycles. The van der Waals surface area contributed by atoms with Crippen LogP contribution in [0.2, 0.25) is 0 Å². The van der Waals surface area contributed by atoms with Gasteiger partial charge in [-0.15, -0.1) is 0 Å². The van der Waals surface area contributed by atoms with Crippen LogP contribution in [0, 0.1) is 0 Å². The second kappa shape index (κ2) is 6.27. The van der Waals surface area contributed by atoms with Crippen molar-refractivity contribution < 1.29 is 0 Å². The third-order valence-corrected chi connectivity index (χ3v) is 2.43. The van der Waals surface area contributed by atoms with Crippen molar-refractivity contribution in [2.24, 2.45) is 0 Å². The second-order valence-electron chi connectivity index (χ2n) is 4.04. The molecule has 0 radical (unpaired) electrons. The van der Waals surface area contributed by atoms with E-state index in [0.29, 0.717) is 5.69 Å². The minimum Gasteiger partial charge on any atom is -0.394 e. The first-order valence-corrected chi connectivity index (χ1v) is 5.60. The van der Waals surface area contributed by atoms with E-state index in [1.807, 2.05) is 0 Å². The Morgan fingerprint density at radius 3 is 2.62 bits per heavy atom. The first-order valence-electron chi connectivity index (χ1n) is 5.60. The normalized spacial score (nSPS) is 10.8. The second-order valence-corrected chi connectivity index (χ2v) is 4.04. The van der Waals surface area contributed by atoms with Gasteiger partial charge < -0.3 is 15.5 Å². The molecule has 0 atom stereocenters. The van der Waals surface area contributed by atoms with Gasteiger partial charge in [0.25, 0.3) is 0 Å². The van der Waals surface area contributed by atoms with Crippen LogP contribution in [-0.2, 0) is 0 Å². The molecule has 5 heteroatoms. The molecule has 0 saturated heterocycles. The maximum Gasteiger partial charge on any atom is 0.155 e. The molecule has 0 amide bonds. The third kappa shape index (κ3) is 3.66. The summed E-state index contributed by atoms with van der Waals surface area (Å²) < 4.78 is 0. The Morgan fingerprint density at radius 2 is 2.06 bits per heavy atom. The topological polar surface area (TPSA) is 58.3 Å². The van der Waals surface area contributed by atoms with Crippen LogP contribution in [0.25, 0.3) is 0 Å². The van der Waals surface area contributed by atoms with Gasteiger partial charge in [0.15, 0.2) is 5.82 Å². The molecule has 90 valence electrons. The first kappa shape index (κ1) is 12.7. The highest BCUT2D eigenvalue weighted by molar-refractivity contribution is 5.60. The Kier molecular flexibility index (Phi) is 4.98. The quantitative estimate of drug-likeness (QED) is 0.774. The average Bonchev–Trinajstić information content (AvgIpc) is 2.25. The van der Waals surface area contributed by atoms with E-state index in [2.05, 4.69) is 40.8 Å². The van der Waals surface area contributed by atoms with Crippen LogP contribution in [0.4, 0.5) is 11.5 Å². The number of rotatable bonds is 6. The van der Waals surface area contributed by atoms with E-state index in [-0.39, 0.29) is 0 Å². The monoisotopic (exact) mass is 223 g/mol. The molecule has 0 spiro atoms. The van der Waals surface area contributed by atoms with Gasteiger partial charge in [-0.1, -0.05) is 0 Å². The zero-order valence-electron chi connectivity index (χ0n) is 10.3. The largest absolute Gasteiger partial charge is 0.394 e. The molecular weight excluding hydrogens is 202 g/mol. The predicted octanol–water partition coefficient (Wildman–Crippen LogP) is 0.837. The lowest BCUT2D eigenvalue weighted by Crippen LogP contribution is -2.28. The Morgan fingerprint density at radius 1 is 1.31 bits per heavy atom.